The van der Waals surface area contributed by atoms with Crippen molar-refractivity contribution in [2.45, 2.75) is 38.1 Å². The Morgan fingerprint density at radius 1 is 1.39 bits per heavy atom. The molecule has 1 aliphatic rings. The van der Waals surface area contributed by atoms with Crippen molar-refractivity contribution in [2.75, 3.05) is 0 Å². The number of rotatable bonds is 2. The minimum Gasteiger partial charge on any atom is -0.334 e. The summed E-state index contributed by atoms with van der Waals surface area (Å²) >= 11 is 5.93. The number of carbonyl (C=O) groups is 1. The molecule has 0 aromatic heterocycles. The van der Waals surface area contributed by atoms with Gasteiger partial charge < -0.3 is 5.32 Å². The summed E-state index contributed by atoms with van der Waals surface area (Å²) in [4.78, 5) is 12.1. The maximum Gasteiger partial charge on any atom is 0.252 e. The molecule has 1 saturated carbocycles. The normalized spacial score (nSPS) is 17.2. The first-order valence-electron chi connectivity index (χ1n) is 6.06. The fourth-order valence-electron chi connectivity index (χ4n) is 2.40. The Morgan fingerprint density at radius 2 is 2.06 bits per heavy atom. The second-order valence-electron chi connectivity index (χ2n) is 4.87. The minimum absolute atomic E-state index is 0.218. The number of aryl methyl sites for hydroxylation is 1. The molecule has 3 nitrogen and oxygen atoms in total. The zero-order chi connectivity index (χ0) is 13.2. The molecule has 1 fully saturated rings. The summed E-state index contributed by atoms with van der Waals surface area (Å²) < 4.78 is 0. The van der Waals surface area contributed by atoms with E-state index in [-0.39, 0.29) is 5.91 Å². The highest BCUT2D eigenvalue weighted by Crippen LogP contribution is 2.29. The van der Waals surface area contributed by atoms with Gasteiger partial charge in [0.2, 0.25) is 0 Å². The zero-order valence-corrected chi connectivity index (χ0v) is 11.0. The van der Waals surface area contributed by atoms with Crippen LogP contribution in [0.15, 0.2) is 18.2 Å². The molecular formula is C14H15ClN2O. The third-order valence-electron chi connectivity index (χ3n) is 3.33. The predicted molar refractivity (Wildman–Crippen MR) is 70.5 cm³/mol. The molecule has 0 saturated heterocycles. The van der Waals surface area contributed by atoms with E-state index in [2.05, 4.69) is 11.4 Å². The van der Waals surface area contributed by atoms with Crippen LogP contribution >= 0.6 is 11.6 Å². The molecule has 1 aromatic carbocycles. The monoisotopic (exact) mass is 262 g/mol. The average molecular weight is 263 g/mol. The van der Waals surface area contributed by atoms with Crippen molar-refractivity contribution in [3.63, 3.8) is 0 Å². The molecule has 0 heterocycles. The van der Waals surface area contributed by atoms with Gasteiger partial charge in [0, 0.05) is 10.6 Å². The molecule has 18 heavy (non-hydrogen) atoms. The Balaban J connectivity index is 2.19. The number of nitriles is 1. The summed E-state index contributed by atoms with van der Waals surface area (Å²) in [6.07, 6.45) is 3.44. The molecule has 94 valence electrons. The highest BCUT2D eigenvalue weighted by atomic mass is 35.5. The van der Waals surface area contributed by atoms with Gasteiger partial charge in [-0.25, -0.2) is 0 Å². The van der Waals surface area contributed by atoms with Gasteiger partial charge in [0.15, 0.2) is 0 Å². The van der Waals surface area contributed by atoms with E-state index < -0.39 is 5.54 Å². The van der Waals surface area contributed by atoms with E-state index in [1.54, 1.807) is 18.2 Å². The van der Waals surface area contributed by atoms with Crippen LogP contribution in [-0.2, 0) is 0 Å². The largest absolute Gasteiger partial charge is 0.334 e. The molecule has 0 aliphatic heterocycles. The number of nitrogens with one attached hydrogen (secondary N) is 1. The van der Waals surface area contributed by atoms with Crippen LogP contribution in [0.25, 0.3) is 0 Å². The van der Waals surface area contributed by atoms with Crippen molar-refractivity contribution in [3.8, 4) is 6.07 Å². The highest BCUT2D eigenvalue weighted by Gasteiger charge is 2.35. The van der Waals surface area contributed by atoms with Crippen LogP contribution in [0.2, 0.25) is 5.02 Å². The summed E-state index contributed by atoms with van der Waals surface area (Å²) in [5, 5.41) is 12.6. The molecular weight excluding hydrogens is 248 g/mol. The van der Waals surface area contributed by atoms with Gasteiger partial charge >= 0.3 is 0 Å². The van der Waals surface area contributed by atoms with Crippen LogP contribution in [0.5, 0.6) is 0 Å². The van der Waals surface area contributed by atoms with E-state index in [1.807, 2.05) is 6.92 Å². The van der Waals surface area contributed by atoms with E-state index in [0.717, 1.165) is 31.2 Å². The van der Waals surface area contributed by atoms with E-state index >= 15 is 0 Å². The second kappa shape index (κ2) is 4.99. The summed E-state index contributed by atoms with van der Waals surface area (Å²) in [6, 6.07) is 7.45. The lowest BCUT2D eigenvalue weighted by Crippen LogP contribution is -2.45. The zero-order valence-electron chi connectivity index (χ0n) is 10.3. The van der Waals surface area contributed by atoms with E-state index in [4.69, 9.17) is 11.6 Å². The number of amides is 1. The van der Waals surface area contributed by atoms with E-state index in [0.29, 0.717) is 10.6 Å². The van der Waals surface area contributed by atoms with Crippen molar-refractivity contribution >= 4 is 17.5 Å². The molecule has 0 atom stereocenters. The standard InChI is InChI=1S/C14H15ClN2O/c1-10-6-11(8-12(15)7-10)13(18)17-14(9-16)4-2-3-5-14/h6-8H,2-5H2,1H3,(H,17,18). The molecule has 1 aromatic rings. The first kappa shape index (κ1) is 12.9. The van der Waals surface area contributed by atoms with Gasteiger partial charge in [-0.15, -0.1) is 0 Å². The van der Waals surface area contributed by atoms with Gasteiger partial charge in [0.05, 0.1) is 6.07 Å². The van der Waals surface area contributed by atoms with Crippen LogP contribution in [0.4, 0.5) is 0 Å². The van der Waals surface area contributed by atoms with Gasteiger partial charge in [0.25, 0.3) is 5.91 Å². The number of halogens is 1. The summed E-state index contributed by atoms with van der Waals surface area (Å²) in [7, 11) is 0. The summed E-state index contributed by atoms with van der Waals surface area (Å²) in [5.41, 5.74) is 0.763. The molecule has 4 heteroatoms. The first-order chi connectivity index (χ1) is 8.54. The maximum atomic E-state index is 12.1. The van der Waals surface area contributed by atoms with Gasteiger partial charge in [0.1, 0.15) is 5.54 Å². The Bertz CT molecular complexity index is 493. The maximum absolute atomic E-state index is 12.1. The van der Waals surface area contributed by atoms with Crippen molar-refractivity contribution in [1.82, 2.24) is 5.32 Å². The van der Waals surface area contributed by atoms with Gasteiger partial charge in [-0.1, -0.05) is 11.6 Å². The number of carbonyl (C=O) groups excluding carboxylic acids is 1. The Kier molecular flexibility index (Phi) is 3.58. The molecule has 2 rings (SSSR count). The topological polar surface area (TPSA) is 52.9 Å². The highest BCUT2D eigenvalue weighted by molar-refractivity contribution is 6.31. The fraction of sp³-hybridized carbons (Fsp3) is 0.429. The number of hydrogen-bond donors (Lipinski definition) is 1. The molecule has 1 N–H and O–H groups in total. The second-order valence-corrected chi connectivity index (χ2v) is 5.31. The van der Waals surface area contributed by atoms with Crippen LogP contribution < -0.4 is 5.32 Å². The van der Waals surface area contributed by atoms with Crippen LogP contribution in [-0.4, -0.2) is 11.4 Å². The van der Waals surface area contributed by atoms with Crippen LogP contribution in [0.3, 0.4) is 0 Å². The number of nitrogens with zero attached hydrogens (tertiary/aromatic N) is 1. The Hall–Kier alpha value is -1.53. The average Bonchev–Trinajstić information content (AvgIpc) is 2.77. The Labute approximate surface area is 112 Å². The lowest BCUT2D eigenvalue weighted by Gasteiger charge is -2.22. The molecule has 1 aliphatic carbocycles. The lowest BCUT2D eigenvalue weighted by atomic mass is 9.99. The minimum atomic E-state index is -0.687. The Morgan fingerprint density at radius 3 is 2.61 bits per heavy atom. The van der Waals surface area contributed by atoms with Crippen molar-refractivity contribution in [2.24, 2.45) is 0 Å². The van der Waals surface area contributed by atoms with Crippen LogP contribution in [0, 0.1) is 18.3 Å². The van der Waals surface area contributed by atoms with Crippen molar-refractivity contribution in [1.29, 1.82) is 5.26 Å². The summed E-state index contributed by atoms with van der Waals surface area (Å²) in [5.74, 6) is -0.218. The third kappa shape index (κ3) is 2.65. The van der Waals surface area contributed by atoms with Crippen LogP contribution in [0.1, 0.15) is 41.6 Å². The smallest absolute Gasteiger partial charge is 0.252 e. The molecule has 0 bridgehead atoms. The first-order valence-corrected chi connectivity index (χ1v) is 6.43. The lowest BCUT2D eigenvalue weighted by molar-refractivity contribution is 0.0920. The van der Waals surface area contributed by atoms with Gasteiger partial charge in [-0.05, 0) is 56.4 Å². The molecule has 1 amide bonds. The van der Waals surface area contributed by atoms with E-state index in [1.165, 1.54) is 0 Å². The van der Waals surface area contributed by atoms with Gasteiger partial charge in [-0.3, -0.25) is 4.79 Å². The SMILES string of the molecule is Cc1cc(Cl)cc(C(=O)NC2(C#N)CCCC2)c1. The fourth-order valence-corrected chi connectivity index (χ4v) is 2.69. The summed E-state index contributed by atoms with van der Waals surface area (Å²) in [6.45, 7) is 1.89. The quantitative estimate of drug-likeness (QED) is 0.890. The van der Waals surface area contributed by atoms with Gasteiger partial charge in [-0.2, -0.15) is 5.26 Å². The number of hydrogen-bond acceptors (Lipinski definition) is 2. The molecule has 0 unspecified atom stereocenters. The molecule has 0 radical (unpaired) electrons. The molecule has 0 spiro atoms. The predicted octanol–water partition coefficient (Wildman–Crippen LogP) is 3.21. The van der Waals surface area contributed by atoms with E-state index in [9.17, 15) is 10.1 Å². The third-order valence-corrected chi connectivity index (χ3v) is 3.55. The number of benzene rings is 1. The van der Waals surface area contributed by atoms with Crippen molar-refractivity contribution < 1.29 is 4.79 Å². The van der Waals surface area contributed by atoms with Crippen molar-refractivity contribution in [3.05, 3.63) is 34.3 Å².